The van der Waals surface area contributed by atoms with Crippen LogP contribution in [0.2, 0.25) is 0 Å². The number of nitrogens with one attached hydrogen (secondary N) is 2. The predicted octanol–water partition coefficient (Wildman–Crippen LogP) is 0.657. The minimum Gasteiger partial charge on any atom is -0.386 e. The highest BCUT2D eigenvalue weighted by Crippen LogP contribution is 2.18. The van der Waals surface area contributed by atoms with Gasteiger partial charge in [-0.2, -0.15) is 17.4 Å². The summed E-state index contributed by atoms with van der Waals surface area (Å²) in [5.41, 5.74) is 5.42. The zero-order chi connectivity index (χ0) is 13.8. The molecule has 4 N–H and O–H groups in total. The highest BCUT2D eigenvalue weighted by atomic mass is 32.2. The van der Waals surface area contributed by atoms with Gasteiger partial charge in [0.25, 0.3) is 10.2 Å². The van der Waals surface area contributed by atoms with E-state index >= 15 is 0 Å². The first-order valence-corrected chi connectivity index (χ1v) is 7.92. The van der Waals surface area contributed by atoms with E-state index in [1.165, 1.54) is 4.31 Å². The van der Waals surface area contributed by atoms with Crippen molar-refractivity contribution in [3.8, 4) is 0 Å². The van der Waals surface area contributed by atoms with Crippen molar-refractivity contribution in [3.63, 3.8) is 0 Å². The van der Waals surface area contributed by atoms with Crippen LogP contribution in [0.4, 0.5) is 0 Å². The lowest BCUT2D eigenvalue weighted by atomic mass is 10.0. The van der Waals surface area contributed by atoms with Gasteiger partial charge in [0.2, 0.25) is 0 Å². The number of nitrogens with zero attached hydrogens (tertiary/aromatic N) is 1. The summed E-state index contributed by atoms with van der Waals surface area (Å²) < 4.78 is 28.4. The summed E-state index contributed by atoms with van der Waals surface area (Å²) in [6.07, 6.45) is 3.29. The molecule has 0 amide bonds. The molecule has 0 aromatic carbocycles. The van der Waals surface area contributed by atoms with Gasteiger partial charge in [-0.05, 0) is 25.2 Å². The van der Waals surface area contributed by atoms with Crippen LogP contribution < -0.4 is 10.5 Å². The van der Waals surface area contributed by atoms with E-state index in [2.05, 4.69) is 11.6 Å². The molecule has 1 heterocycles. The maximum atomic E-state index is 12.2. The summed E-state index contributed by atoms with van der Waals surface area (Å²) in [5.74, 6) is 0.266. The largest absolute Gasteiger partial charge is 0.386 e. The molecule has 106 valence electrons. The molecule has 0 saturated carbocycles. The molecule has 0 aromatic heterocycles. The van der Waals surface area contributed by atoms with Gasteiger partial charge in [0, 0.05) is 13.1 Å². The SMILES string of the molecule is CCCC(NS(=O)(=O)N1CCCC(C)C1)C(=N)N. The van der Waals surface area contributed by atoms with Gasteiger partial charge in [-0.1, -0.05) is 20.3 Å². The number of hydrogen-bond acceptors (Lipinski definition) is 3. The summed E-state index contributed by atoms with van der Waals surface area (Å²) in [6, 6.07) is -0.586. The van der Waals surface area contributed by atoms with Crippen LogP contribution in [0.25, 0.3) is 0 Å². The third-order valence-corrected chi connectivity index (χ3v) is 4.80. The summed E-state index contributed by atoms with van der Waals surface area (Å²) in [7, 11) is -3.52. The van der Waals surface area contributed by atoms with Crippen molar-refractivity contribution in [2.45, 2.75) is 45.6 Å². The normalized spacial score (nSPS) is 23.8. The Morgan fingerprint density at radius 1 is 1.61 bits per heavy atom. The fraction of sp³-hybridized carbons (Fsp3) is 0.909. The van der Waals surface area contributed by atoms with E-state index in [-0.39, 0.29) is 5.84 Å². The first-order chi connectivity index (χ1) is 8.36. The topological polar surface area (TPSA) is 99.3 Å². The van der Waals surface area contributed by atoms with Gasteiger partial charge in [-0.15, -0.1) is 0 Å². The Hall–Kier alpha value is -0.660. The third kappa shape index (κ3) is 4.22. The van der Waals surface area contributed by atoms with Gasteiger partial charge in [0.15, 0.2) is 0 Å². The smallest absolute Gasteiger partial charge is 0.280 e. The molecule has 0 bridgehead atoms. The number of hydrogen-bond donors (Lipinski definition) is 3. The monoisotopic (exact) mass is 276 g/mol. The fourth-order valence-corrected chi connectivity index (χ4v) is 3.76. The molecule has 2 atom stereocenters. The van der Waals surface area contributed by atoms with Crippen LogP contribution in [-0.2, 0) is 10.2 Å². The molecule has 1 rings (SSSR count). The van der Waals surface area contributed by atoms with Crippen molar-refractivity contribution in [2.75, 3.05) is 13.1 Å². The number of piperidine rings is 1. The van der Waals surface area contributed by atoms with Crippen molar-refractivity contribution < 1.29 is 8.42 Å². The second-order valence-electron chi connectivity index (χ2n) is 5.02. The standard InChI is InChI=1S/C11H24N4O2S/c1-3-5-10(11(12)13)14-18(16,17)15-7-4-6-9(2)8-15/h9-10,14H,3-8H2,1-2H3,(H3,12,13). The van der Waals surface area contributed by atoms with E-state index in [0.717, 1.165) is 19.3 Å². The Morgan fingerprint density at radius 3 is 2.78 bits per heavy atom. The molecule has 7 heteroatoms. The summed E-state index contributed by atoms with van der Waals surface area (Å²) >= 11 is 0. The molecule has 2 unspecified atom stereocenters. The fourth-order valence-electron chi connectivity index (χ4n) is 2.19. The van der Waals surface area contributed by atoms with Gasteiger partial charge in [0.1, 0.15) is 5.84 Å². The quantitative estimate of drug-likeness (QED) is 0.491. The first-order valence-electron chi connectivity index (χ1n) is 6.48. The Balaban J connectivity index is 2.70. The molecule has 1 aliphatic heterocycles. The second kappa shape index (κ2) is 6.49. The van der Waals surface area contributed by atoms with Crippen LogP contribution in [0.3, 0.4) is 0 Å². The van der Waals surface area contributed by atoms with Crippen molar-refractivity contribution in [2.24, 2.45) is 11.7 Å². The summed E-state index contributed by atoms with van der Waals surface area (Å²) in [5, 5.41) is 7.42. The van der Waals surface area contributed by atoms with Gasteiger partial charge < -0.3 is 5.73 Å². The zero-order valence-corrected chi connectivity index (χ0v) is 12.0. The van der Waals surface area contributed by atoms with Gasteiger partial charge in [-0.3, -0.25) is 5.41 Å². The molecule has 0 aromatic rings. The highest BCUT2D eigenvalue weighted by Gasteiger charge is 2.29. The zero-order valence-electron chi connectivity index (χ0n) is 11.1. The van der Waals surface area contributed by atoms with Gasteiger partial charge in [-0.25, -0.2) is 0 Å². The van der Waals surface area contributed by atoms with Crippen LogP contribution in [-0.4, -0.2) is 37.7 Å². The van der Waals surface area contributed by atoms with Gasteiger partial charge >= 0.3 is 0 Å². The van der Waals surface area contributed by atoms with Crippen molar-refractivity contribution >= 4 is 16.0 Å². The number of amidine groups is 1. The van der Waals surface area contributed by atoms with Crippen molar-refractivity contribution in [3.05, 3.63) is 0 Å². The van der Waals surface area contributed by atoms with Crippen LogP contribution in [0, 0.1) is 11.3 Å². The average molecular weight is 276 g/mol. The first kappa shape index (κ1) is 15.4. The lowest BCUT2D eigenvalue weighted by molar-refractivity contribution is 0.277. The molecular formula is C11H24N4O2S. The van der Waals surface area contributed by atoms with Crippen LogP contribution in [0.15, 0.2) is 0 Å². The Bertz CT molecular complexity index is 383. The van der Waals surface area contributed by atoms with E-state index in [1.807, 2.05) is 6.92 Å². The third-order valence-electron chi connectivity index (χ3n) is 3.20. The number of nitrogens with two attached hydrogens (primary N) is 1. The Labute approximate surface area is 110 Å². The minimum absolute atomic E-state index is 0.120. The average Bonchev–Trinajstić information content (AvgIpc) is 2.28. The lowest BCUT2D eigenvalue weighted by Crippen LogP contribution is -2.52. The van der Waals surface area contributed by atoms with Crippen LogP contribution in [0.5, 0.6) is 0 Å². The molecular weight excluding hydrogens is 252 g/mol. The lowest BCUT2D eigenvalue weighted by Gasteiger charge is -2.31. The van der Waals surface area contributed by atoms with E-state index in [4.69, 9.17) is 11.1 Å². The van der Waals surface area contributed by atoms with Crippen LogP contribution in [0.1, 0.15) is 39.5 Å². The van der Waals surface area contributed by atoms with E-state index in [9.17, 15) is 8.42 Å². The van der Waals surface area contributed by atoms with Crippen LogP contribution >= 0.6 is 0 Å². The highest BCUT2D eigenvalue weighted by molar-refractivity contribution is 7.87. The molecule has 0 aliphatic carbocycles. The predicted molar refractivity (Wildman–Crippen MR) is 72.6 cm³/mol. The molecule has 0 spiro atoms. The van der Waals surface area contributed by atoms with Crippen molar-refractivity contribution in [1.29, 1.82) is 5.41 Å². The van der Waals surface area contributed by atoms with E-state index in [0.29, 0.717) is 25.4 Å². The Kier molecular flexibility index (Phi) is 5.55. The van der Waals surface area contributed by atoms with E-state index in [1.54, 1.807) is 0 Å². The minimum atomic E-state index is -3.52. The maximum Gasteiger partial charge on any atom is 0.280 e. The molecule has 18 heavy (non-hydrogen) atoms. The van der Waals surface area contributed by atoms with Gasteiger partial charge in [0.05, 0.1) is 6.04 Å². The maximum absolute atomic E-state index is 12.2. The summed E-state index contributed by atoms with van der Waals surface area (Å²) in [4.78, 5) is 0. The molecule has 0 radical (unpaired) electrons. The molecule has 1 aliphatic rings. The summed E-state index contributed by atoms with van der Waals surface area (Å²) in [6.45, 7) is 5.09. The Morgan fingerprint density at radius 2 is 2.28 bits per heavy atom. The molecule has 1 saturated heterocycles. The van der Waals surface area contributed by atoms with Crippen molar-refractivity contribution in [1.82, 2.24) is 9.03 Å². The van der Waals surface area contributed by atoms with E-state index < -0.39 is 16.3 Å². The molecule has 6 nitrogen and oxygen atoms in total. The number of rotatable bonds is 6. The second-order valence-corrected chi connectivity index (χ2v) is 6.73. The molecule has 1 fully saturated rings.